The van der Waals surface area contributed by atoms with Gasteiger partial charge in [-0.05, 0) is 92.7 Å². The fourth-order valence-corrected chi connectivity index (χ4v) is 5.30. The zero-order valence-corrected chi connectivity index (χ0v) is 16.7. The van der Waals surface area contributed by atoms with Crippen molar-refractivity contribution in [2.24, 2.45) is 23.7 Å². The summed E-state index contributed by atoms with van der Waals surface area (Å²) >= 11 is 11.3. The van der Waals surface area contributed by atoms with Gasteiger partial charge in [0, 0.05) is 5.54 Å². The Morgan fingerprint density at radius 3 is 1.96 bits per heavy atom. The second kappa shape index (κ2) is 9.55. The summed E-state index contributed by atoms with van der Waals surface area (Å²) < 4.78 is 27.1. The molecule has 0 unspecified atom stereocenters. The maximum atomic E-state index is 13.6. The third kappa shape index (κ3) is 5.23. The van der Waals surface area contributed by atoms with Crippen LogP contribution in [-0.4, -0.2) is 0 Å². The number of rotatable bonds is 5. The molecular formula is C22H28Cl2F2. The molecule has 1 aromatic carbocycles. The van der Waals surface area contributed by atoms with Gasteiger partial charge in [-0.2, -0.15) is 0 Å². The minimum Gasteiger partial charge on any atom is -0.205 e. The molecule has 0 radical (unpaired) electrons. The number of aryl methyl sites for hydroxylation is 1. The minimum atomic E-state index is -0.648. The van der Waals surface area contributed by atoms with Gasteiger partial charge in [-0.3, -0.25) is 0 Å². The molecule has 144 valence electrons. The van der Waals surface area contributed by atoms with Crippen molar-refractivity contribution in [1.29, 1.82) is 0 Å². The standard InChI is InChI=1S/C22H28Cl2F2/c23-12-11-16-5-9-19(10-6-16)18-7-3-15(4-8-18)1-2-17-13-20(25)22(24)21(26)14-17/h11-16,18-19H,1-10H2. The van der Waals surface area contributed by atoms with Crippen molar-refractivity contribution in [2.45, 2.75) is 64.2 Å². The van der Waals surface area contributed by atoms with E-state index in [0.29, 0.717) is 11.8 Å². The summed E-state index contributed by atoms with van der Waals surface area (Å²) in [5, 5.41) is -0.398. The van der Waals surface area contributed by atoms with E-state index in [0.717, 1.165) is 30.2 Å². The third-order valence-electron chi connectivity index (χ3n) is 6.60. The van der Waals surface area contributed by atoms with E-state index in [1.54, 1.807) is 5.54 Å². The fourth-order valence-electron chi connectivity index (χ4n) is 4.98. The Morgan fingerprint density at radius 1 is 0.885 bits per heavy atom. The van der Waals surface area contributed by atoms with Crippen LogP contribution < -0.4 is 0 Å². The van der Waals surface area contributed by atoms with Crippen LogP contribution in [0.2, 0.25) is 5.02 Å². The monoisotopic (exact) mass is 400 g/mol. The zero-order chi connectivity index (χ0) is 18.5. The number of hydrogen-bond acceptors (Lipinski definition) is 0. The van der Waals surface area contributed by atoms with E-state index < -0.39 is 16.7 Å². The van der Waals surface area contributed by atoms with Crippen molar-refractivity contribution in [3.8, 4) is 0 Å². The summed E-state index contributed by atoms with van der Waals surface area (Å²) in [6, 6.07) is 2.76. The van der Waals surface area contributed by atoms with E-state index in [2.05, 4.69) is 6.08 Å². The van der Waals surface area contributed by atoms with Crippen LogP contribution in [0.5, 0.6) is 0 Å². The Bertz CT molecular complexity index is 590. The van der Waals surface area contributed by atoms with Gasteiger partial charge in [-0.25, -0.2) is 8.78 Å². The van der Waals surface area contributed by atoms with Crippen LogP contribution in [-0.2, 0) is 6.42 Å². The summed E-state index contributed by atoms with van der Waals surface area (Å²) in [5.41, 5.74) is 2.39. The summed E-state index contributed by atoms with van der Waals surface area (Å²) in [6.07, 6.45) is 14.3. The van der Waals surface area contributed by atoms with E-state index in [1.807, 2.05) is 0 Å². The van der Waals surface area contributed by atoms with E-state index in [1.165, 1.54) is 63.5 Å². The van der Waals surface area contributed by atoms with Crippen molar-refractivity contribution in [3.63, 3.8) is 0 Å². The molecule has 0 aliphatic heterocycles. The minimum absolute atomic E-state index is 0.398. The molecular weight excluding hydrogens is 373 g/mol. The van der Waals surface area contributed by atoms with E-state index >= 15 is 0 Å². The quantitative estimate of drug-likeness (QED) is 0.440. The first-order chi connectivity index (χ1) is 12.6. The lowest BCUT2D eigenvalue weighted by atomic mass is 9.68. The molecule has 0 amide bonds. The molecule has 0 saturated heterocycles. The lowest BCUT2D eigenvalue weighted by Gasteiger charge is -2.37. The molecule has 2 aliphatic rings. The van der Waals surface area contributed by atoms with Crippen LogP contribution in [0.1, 0.15) is 63.4 Å². The van der Waals surface area contributed by atoms with Gasteiger partial charge >= 0.3 is 0 Å². The highest BCUT2D eigenvalue weighted by Gasteiger charge is 2.30. The van der Waals surface area contributed by atoms with Gasteiger partial charge in [-0.15, -0.1) is 0 Å². The maximum absolute atomic E-state index is 13.6. The van der Waals surface area contributed by atoms with Crippen molar-refractivity contribution in [3.05, 3.63) is 46.0 Å². The molecule has 2 saturated carbocycles. The Hall–Kier alpha value is -0.600. The maximum Gasteiger partial charge on any atom is 0.145 e. The largest absolute Gasteiger partial charge is 0.205 e. The van der Waals surface area contributed by atoms with Crippen LogP contribution in [0.25, 0.3) is 0 Å². The number of benzene rings is 1. The molecule has 0 spiro atoms. The van der Waals surface area contributed by atoms with Gasteiger partial charge in [0.05, 0.1) is 0 Å². The molecule has 0 heterocycles. The number of hydrogen-bond donors (Lipinski definition) is 0. The second-order valence-electron chi connectivity index (χ2n) is 8.19. The molecule has 1 aromatic rings. The molecule has 0 atom stereocenters. The van der Waals surface area contributed by atoms with Crippen molar-refractivity contribution in [2.75, 3.05) is 0 Å². The van der Waals surface area contributed by atoms with E-state index in [-0.39, 0.29) is 0 Å². The average Bonchev–Trinajstić information content (AvgIpc) is 2.66. The molecule has 3 rings (SSSR count). The van der Waals surface area contributed by atoms with Crippen LogP contribution in [0, 0.1) is 35.3 Å². The highest BCUT2D eigenvalue weighted by molar-refractivity contribution is 6.30. The topological polar surface area (TPSA) is 0 Å². The molecule has 0 N–H and O–H groups in total. The van der Waals surface area contributed by atoms with Crippen molar-refractivity contribution < 1.29 is 8.78 Å². The molecule has 26 heavy (non-hydrogen) atoms. The zero-order valence-electron chi connectivity index (χ0n) is 15.2. The van der Waals surface area contributed by atoms with Gasteiger partial charge < -0.3 is 0 Å². The van der Waals surface area contributed by atoms with Crippen molar-refractivity contribution in [1.82, 2.24) is 0 Å². The normalized spacial score (nSPS) is 30.0. The van der Waals surface area contributed by atoms with Crippen LogP contribution >= 0.6 is 23.2 Å². The highest BCUT2D eigenvalue weighted by atomic mass is 35.5. The Balaban J connectivity index is 1.42. The first kappa shape index (κ1) is 20.1. The average molecular weight is 401 g/mol. The molecule has 0 aromatic heterocycles. The molecule has 0 bridgehead atoms. The van der Waals surface area contributed by atoms with E-state index in [4.69, 9.17) is 23.2 Å². The van der Waals surface area contributed by atoms with Gasteiger partial charge in [0.15, 0.2) is 0 Å². The Labute approximate surface area is 166 Å². The lowest BCUT2D eigenvalue weighted by molar-refractivity contribution is 0.153. The van der Waals surface area contributed by atoms with Gasteiger partial charge in [0.25, 0.3) is 0 Å². The predicted molar refractivity (Wildman–Crippen MR) is 106 cm³/mol. The second-order valence-corrected chi connectivity index (χ2v) is 8.82. The molecule has 2 aliphatic carbocycles. The van der Waals surface area contributed by atoms with Gasteiger partial charge in [0.2, 0.25) is 0 Å². The summed E-state index contributed by atoms with van der Waals surface area (Å²) in [5.74, 6) is 1.83. The van der Waals surface area contributed by atoms with Crippen LogP contribution in [0.15, 0.2) is 23.7 Å². The van der Waals surface area contributed by atoms with E-state index in [9.17, 15) is 8.78 Å². The first-order valence-corrected chi connectivity index (χ1v) is 10.8. The lowest BCUT2D eigenvalue weighted by Crippen LogP contribution is -2.25. The third-order valence-corrected chi connectivity index (χ3v) is 7.11. The van der Waals surface area contributed by atoms with Crippen LogP contribution in [0.4, 0.5) is 8.78 Å². The summed E-state index contributed by atoms with van der Waals surface area (Å²) in [7, 11) is 0. The summed E-state index contributed by atoms with van der Waals surface area (Å²) in [6.45, 7) is 0. The summed E-state index contributed by atoms with van der Waals surface area (Å²) in [4.78, 5) is 0. The molecule has 4 heteroatoms. The van der Waals surface area contributed by atoms with Gasteiger partial charge in [-0.1, -0.05) is 42.1 Å². The fraction of sp³-hybridized carbons (Fsp3) is 0.636. The SMILES string of the molecule is Fc1cc(CCC2CCC(C3CCC(C=CCl)CC3)CC2)cc(F)c1Cl. The number of halogens is 4. The highest BCUT2D eigenvalue weighted by Crippen LogP contribution is 2.42. The smallest absolute Gasteiger partial charge is 0.145 e. The first-order valence-electron chi connectivity index (χ1n) is 9.97. The predicted octanol–water partition coefficient (Wildman–Crippen LogP) is 7.92. The van der Waals surface area contributed by atoms with Gasteiger partial charge in [0.1, 0.15) is 16.7 Å². The molecule has 0 nitrogen and oxygen atoms in total. The molecule has 2 fully saturated rings. The van der Waals surface area contributed by atoms with Crippen molar-refractivity contribution >= 4 is 23.2 Å². The Morgan fingerprint density at radius 2 is 1.42 bits per heavy atom. The number of allylic oxidation sites excluding steroid dienone is 1. The van der Waals surface area contributed by atoms with Crippen LogP contribution in [0.3, 0.4) is 0 Å². The Kier molecular flexibility index (Phi) is 7.40.